The second-order valence-corrected chi connectivity index (χ2v) is 13.1. The van der Waals surface area contributed by atoms with E-state index in [9.17, 15) is 0 Å². The Morgan fingerprint density at radius 2 is 0.405 bits per heavy atom. The molecule has 0 heterocycles. The normalized spacial score (nSPS) is 9.62. The maximum atomic E-state index is 7.50. The van der Waals surface area contributed by atoms with E-state index in [1.54, 1.807) is 0 Å². The van der Waals surface area contributed by atoms with Crippen LogP contribution in [0.4, 0.5) is 0 Å². The predicted molar refractivity (Wildman–Crippen MR) is 178 cm³/mol. The van der Waals surface area contributed by atoms with Gasteiger partial charge in [-0.3, -0.25) is 0 Å². The third kappa shape index (κ3) is 9.82. The van der Waals surface area contributed by atoms with Gasteiger partial charge in [-0.1, -0.05) is 182 Å². The minimum absolute atomic E-state index is 0. The van der Waals surface area contributed by atoms with E-state index in [-0.39, 0.29) is 25.6 Å². The first-order valence-corrected chi connectivity index (χ1v) is 15.7. The molecule has 6 rings (SSSR count). The Kier molecular flexibility index (Phi) is 16.2. The molecule has 0 saturated carbocycles. The Morgan fingerprint density at radius 1 is 0.286 bits per heavy atom. The van der Waals surface area contributed by atoms with Gasteiger partial charge in [0.2, 0.25) is 0 Å². The van der Waals surface area contributed by atoms with Crippen LogP contribution >= 0.6 is 15.8 Å². The molecule has 211 valence electrons. The molecule has 2 nitrogen and oxygen atoms in total. The molecular formula is C37H32IrO2P2. The van der Waals surface area contributed by atoms with Gasteiger partial charge in [0.25, 0.3) is 0 Å². The Labute approximate surface area is 265 Å². The number of hydrogen-bond acceptors (Lipinski definition) is 0. The van der Waals surface area contributed by atoms with Gasteiger partial charge in [-0.2, -0.15) is 0 Å². The van der Waals surface area contributed by atoms with Crippen LogP contribution in [-0.2, 0) is 24.8 Å². The predicted octanol–water partition coefficient (Wildman–Crippen LogP) is 6.02. The van der Waals surface area contributed by atoms with Gasteiger partial charge < -0.3 is 5.48 Å². The molecule has 1 radical (unpaired) electrons. The smallest absolute Gasteiger partial charge is 0 e. The van der Waals surface area contributed by atoms with E-state index in [0.29, 0.717) is 0 Å². The second kappa shape index (κ2) is 19.6. The molecule has 6 aromatic carbocycles. The SMILES string of the molecule is O.[C-]#[O+].[Ir].c1ccc(P(c2ccccc2)c2ccccc2)cc1.c1ccc(P(c2ccccc2)c2ccccc2)cc1. The maximum Gasteiger partial charge on any atom is 0 e. The summed E-state index contributed by atoms with van der Waals surface area (Å²) in [6.07, 6.45) is 0. The minimum atomic E-state index is -0.446. The van der Waals surface area contributed by atoms with E-state index in [2.05, 4.69) is 189 Å². The van der Waals surface area contributed by atoms with Gasteiger partial charge in [-0.15, -0.1) is 0 Å². The summed E-state index contributed by atoms with van der Waals surface area (Å²) in [6.45, 7) is 4.50. The standard InChI is InChI=1S/2C18H15P.CO.Ir.H2O/c2*1-4-10-16(11-5-1)19(17-12-6-2-7-13-17)18-14-8-3-9-15-18;1-2;;/h2*1-15H;;;1H2. The zero-order chi connectivity index (χ0) is 27.8. The molecule has 0 aliphatic rings. The van der Waals surface area contributed by atoms with Crippen molar-refractivity contribution in [3.05, 3.63) is 189 Å². The van der Waals surface area contributed by atoms with Crippen LogP contribution in [0, 0.1) is 6.65 Å². The fourth-order valence-electron chi connectivity index (χ4n) is 4.36. The summed E-state index contributed by atoms with van der Waals surface area (Å²) in [7, 11) is -0.892. The van der Waals surface area contributed by atoms with Gasteiger partial charge in [0.05, 0.1) is 0 Å². The van der Waals surface area contributed by atoms with Gasteiger partial charge in [-0.05, 0) is 47.7 Å². The van der Waals surface area contributed by atoms with Crippen LogP contribution in [0.25, 0.3) is 0 Å². The molecule has 0 aliphatic carbocycles. The van der Waals surface area contributed by atoms with Gasteiger partial charge in [0.15, 0.2) is 0 Å². The number of hydrogen-bond donors (Lipinski definition) is 0. The first-order valence-electron chi connectivity index (χ1n) is 13.0. The van der Waals surface area contributed by atoms with Gasteiger partial charge in [0, 0.05) is 20.1 Å². The van der Waals surface area contributed by atoms with E-state index in [4.69, 9.17) is 4.65 Å². The second-order valence-electron chi connectivity index (χ2n) is 8.68. The van der Waals surface area contributed by atoms with Crippen molar-refractivity contribution in [2.24, 2.45) is 0 Å². The van der Waals surface area contributed by atoms with Crippen LogP contribution < -0.4 is 31.8 Å². The Balaban J connectivity index is 0.000000265. The summed E-state index contributed by atoms with van der Waals surface area (Å²) in [6, 6.07) is 64.7. The van der Waals surface area contributed by atoms with Crippen LogP contribution in [0.3, 0.4) is 0 Å². The average molecular weight is 763 g/mol. The van der Waals surface area contributed by atoms with Crippen LogP contribution in [0.5, 0.6) is 0 Å². The van der Waals surface area contributed by atoms with Crippen LogP contribution in [-0.4, -0.2) is 5.48 Å². The number of benzene rings is 6. The summed E-state index contributed by atoms with van der Waals surface area (Å²) >= 11 is 0. The zero-order valence-corrected chi connectivity index (χ0v) is 27.1. The third-order valence-corrected chi connectivity index (χ3v) is 11.0. The van der Waals surface area contributed by atoms with Gasteiger partial charge >= 0.3 is 11.3 Å². The molecule has 0 aromatic heterocycles. The summed E-state index contributed by atoms with van der Waals surface area (Å²) in [5, 5.41) is 8.39. The van der Waals surface area contributed by atoms with Crippen molar-refractivity contribution in [2.45, 2.75) is 0 Å². The molecule has 5 heteroatoms. The molecule has 42 heavy (non-hydrogen) atoms. The molecule has 0 bridgehead atoms. The van der Waals surface area contributed by atoms with Crippen molar-refractivity contribution >= 4 is 47.7 Å². The quantitative estimate of drug-likeness (QED) is 0.113. The molecule has 0 aliphatic heterocycles. The molecular weight excluding hydrogens is 731 g/mol. The van der Waals surface area contributed by atoms with Crippen molar-refractivity contribution in [3.8, 4) is 0 Å². The summed E-state index contributed by atoms with van der Waals surface area (Å²) in [5.74, 6) is 0. The Hall–Kier alpha value is -3.47. The maximum absolute atomic E-state index is 7.50. The molecule has 0 saturated heterocycles. The van der Waals surface area contributed by atoms with E-state index in [1.165, 1.54) is 31.8 Å². The molecule has 0 atom stereocenters. The summed E-state index contributed by atoms with van der Waals surface area (Å²) < 4.78 is 7.50. The molecule has 0 spiro atoms. The Bertz CT molecular complexity index is 1230. The fraction of sp³-hybridized carbons (Fsp3) is 0. The molecule has 0 fully saturated rings. The van der Waals surface area contributed by atoms with Crippen LogP contribution in [0.1, 0.15) is 0 Å². The Morgan fingerprint density at radius 3 is 0.524 bits per heavy atom. The van der Waals surface area contributed by atoms with E-state index < -0.39 is 15.8 Å². The first kappa shape index (κ1) is 34.7. The third-order valence-electron chi connectivity index (χ3n) is 6.09. The minimum Gasteiger partial charge on any atom is -0.0622 e. The summed E-state index contributed by atoms with van der Waals surface area (Å²) in [4.78, 5) is 0. The largest absolute Gasteiger partial charge is 0.0622 e. The topological polar surface area (TPSA) is 51.4 Å². The van der Waals surface area contributed by atoms with E-state index >= 15 is 0 Å². The van der Waals surface area contributed by atoms with E-state index in [0.717, 1.165) is 0 Å². The van der Waals surface area contributed by atoms with Crippen LogP contribution in [0.15, 0.2) is 182 Å². The van der Waals surface area contributed by atoms with Crippen molar-refractivity contribution in [2.75, 3.05) is 0 Å². The number of rotatable bonds is 6. The van der Waals surface area contributed by atoms with Crippen molar-refractivity contribution in [1.82, 2.24) is 0 Å². The monoisotopic (exact) mass is 763 g/mol. The van der Waals surface area contributed by atoms with Gasteiger partial charge in [0.1, 0.15) is 0 Å². The first-order chi connectivity index (χ1) is 19.9. The van der Waals surface area contributed by atoms with Crippen LogP contribution in [0.2, 0.25) is 0 Å². The molecule has 6 aromatic rings. The zero-order valence-electron chi connectivity index (χ0n) is 23.0. The van der Waals surface area contributed by atoms with Crippen molar-refractivity contribution in [3.63, 3.8) is 0 Å². The molecule has 0 unspecified atom stereocenters. The summed E-state index contributed by atoms with van der Waals surface area (Å²) in [5.41, 5.74) is 0. The van der Waals surface area contributed by atoms with Crippen molar-refractivity contribution < 1.29 is 30.2 Å². The van der Waals surface area contributed by atoms with Gasteiger partial charge in [-0.25, -0.2) is 0 Å². The van der Waals surface area contributed by atoms with E-state index in [1.807, 2.05) is 0 Å². The molecule has 0 amide bonds. The van der Waals surface area contributed by atoms with Crippen molar-refractivity contribution in [1.29, 1.82) is 0 Å². The molecule has 2 N–H and O–H groups in total. The average Bonchev–Trinajstić information content (AvgIpc) is 3.06. The fourth-order valence-corrected chi connectivity index (χ4v) is 8.97.